The van der Waals surface area contributed by atoms with Crippen molar-refractivity contribution in [1.29, 1.82) is 0 Å². The van der Waals surface area contributed by atoms with Gasteiger partial charge < -0.3 is 10.5 Å². The molecule has 2 heterocycles. The van der Waals surface area contributed by atoms with E-state index in [-0.39, 0.29) is 11.4 Å². The lowest BCUT2D eigenvalue weighted by Crippen LogP contribution is -2.10. The normalized spacial score (nSPS) is 10.9. The van der Waals surface area contributed by atoms with Gasteiger partial charge in [0.15, 0.2) is 5.69 Å². The molecule has 0 atom stereocenters. The van der Waals surface area contributed by atoms with E-state index in [0.29, 0.717) is 18.1 Å². The summed E-state index contributed by atoms with van der Waals surface area (Å²) in [7, 11) is 1.29. The predicted octanol–water partition coefficient (Wildman–Crippen LogP) is 1.73. The zero-order chi connectivity index (χ0) is 15.6. The topological polar surface area (TPSA) is 88.0 Å². The molecule has 0 saturated carbocycles. The Bertz CT molecular complexity index is 662. The maximum absolute atomic E-state index is 11.5. The highest BCUT2D eigenvalue weighted by Gasteiger charge is 2.18. The van der Waals surface area contributed by atoms with Crippen LogP contribution in [0.5, 0.6) is 0 Å². The molecule has 114 valence electrons. The van der Waals surface area contributed by atoms with E-state index in [1.165, 1.54) is 7.11 Å². The van der Waals surface area contributed by atoms with Crippen molar-refractivity contribution in [3.8, 4) is 0 Å². The molecule has 0 aliphatic carbocycles. The van der Waals surface area contributed by atoms with Crippen LogP contribution in [0.3, 0.4) is 0 Å². The number of methoxy groups -OCH3 is 1. The van der Waals surface area contributed by atoms with Gasteiger partial charge in [-0.15, -0.1) is 0 Å². The molecule has 21 heavy (non-hydrogen) atoms. The number of carbonyl (C=O) groups is 1. The fraction of sp³-hybridized carbons (Fsp3) is 0.462. The van der Waals surface area contributed by atoms with Crippen molar-refractivity contribution in [3.63, 3.8) is 0 Å². The highest BCUT2D eigenvalue weighted by Crippen LogP contribution is 2.23. The Balaban J connectivity index is 2.34. The van der Waals surface area contributed by atoms with Gasteiger partial charge in [-0.1, -0.05) is 18.5 Å². The lowest BCUT2D eigenvalue weighted by molar-refractivity contribution is 0.0594. The molecule has 0 unspecified atom stereocenters. The summed E-state index contributed by atoms with van der Waals surface area (Å²) in [5, 5.41) is 9.22. The van der Waals surface area contributed by atoms with Crippen LogP contribution in [0, 0.1) is 0 Å². The van der Waals surface area contributed by atoms with Gasteiger partial charge in [0.1, 0.15) is 0 Å². The molecule has 2 rings (SSSR count). The Labute approximate surface area is 127 Å². The molecule has 0 radical (unpaired) electrons. The van der Waals surface area contributed by atoms with Gasteiger partial charge in [0.2, 0.25) is 0 Å². The molecule has 0 bridgehead atoms. The monoisotopic (exact) mass is 311 g/mol. The molecule has 0 aliphatic heterocycles. The second-order valence-electron chi connectivity index (χ2n) is 4.50. The molecule has 0 aliphatic rings. The lowest BCUT2D eigenvalue weighted by Gasteiger charge is -2.05. The van der Waals surface area contributed by atoms with Gasteiger partial charge in [-0.2, -0.15) is 10.2 Å². The van der Waals surface area contributed by atoms with Crippen LogP contribution in [0.2, 0.25) is 5.02 Å². The molecule has 2 aromatic heterocycles. The van der Waals surface area contributed by atoms with E-state index in [1.807, 2.05) is 18.5 Å². The maximum atomic E-state index is 11.5. The minimum atomic E-state index is -0.560. The van der Waals surface area contributed by atoms with Crippen LogP contribution in [0.25, 0.3) is 0 Å². The number of esters is 1. The van der Waals surface area contributed by atoms with E-state index in [9.17, 15) is 4.79 Å². The average molecular weight is 312 g/mol. The Morgan fingerprint density at radius 1 is 1.43 bits per heavy atom. The number of anilines is 1. The van der Waals surface area contributed by atoms with Crippen LogP contribution in [0.15, 0.2) is 6.20 Å². The van der Waals surface area contributed by atoms with Gasteiger partial charge in [-0.25, -0.2) is 4.79 Å². The number of halogens is 1. The van der Waals surface area contributed by atoms with E-state index >= 15 is 0 Å². The Morgan fingerprint density at radius 2 is 2.14 bits per heavy atom. The smallest absolute Gasteiger partial charge is 0.360 e. The van der Waals surface area contributed by atoms with E-state index in [2.05, 4.69) is 14.9 Å². The summed E-state index contributed by atoms with van der Waals surface area (Å²) in [5.74, 6) is -0.560. The summed E-state index contributed by atoms with van der Waals surface area (Å²) >= 11 is 6.35. The summed E-state index contributed by atoms with van der Waals surface area (Å²) in [6, 6.07) is 0. The van der Waals surface area contributed by atoms with Crippen molar-refractivity contribution in [2.75, 3.05) is 12.8 Å². The Morgan fingerprint density at radius 3 is 2.71 bits per heavy atom. The molecule has 7 nitrogen and oxygen atoms in total. The van der Waals surface area contributed by atoms with E-state index in [1.54, 1.807) is 10.9 Å². The molecule has 0 aromatic carbocycles. The van der Waals surface area contributed by atoms with Crippen LogP contribution in [0.1, 0.15) is 35.7 Å². The highest BCUT2D eigenvalue weighted by atomic mass is 35.5. The molecule has 2 aromatic rings. The van der Waals surface area contributed by atoms with Crippen LogP contribution in [-0.2, 0) is 24.2 Å². The Hall–Kier alpha value is -2.02. The maximum Gasteiger partial charge on any atom is 0.360 e. The number of nitrogens with two attached hydrogens (primary N) is 1. The first-order valence-corrected chi connectivity index (χ1v) is 7.04. The van der Waals surface area contributed by atoms with E-state index in [4.69, 9.17) is 17.3 Å². The zero-order valence-corrected chi connectivity index (χ0v) is 13.0. The first kappa shape index (κ1) is 15.4. The van der Waals surface area contributed by atoms with Crippen LogP contribution in [-0.4, -0.2) is 32.6 Å². The number of nitrogen functional groups attached to an aromatic ring is 1. The molecule has 0 amide bonds. The van der Waals surface area contributed by atoms with Gasteiger partial charge in [0, 0.05) is 12.7 Å². The van der Waals surface area contributed by atoms with Crippen LogP contribution < -0.4 is 5.73 Å². The summed E-state index contributed by atoms with van der Waals surface area (Å²) in [6.07, 6.45) is 2.34. The number of hydrogen-bond donors (Lipinski definition) is 1. The van der Waals surface area contributed by atoms with Gasteiger partial charge in [-0.3, -0.25) is 9.36 Å². The Kier molecular flexibility index (Phi) is 4.52. The summed E-state index contributed by atoms with van der Waals surface area (Å²) in [6.45, 7) is 5.08. The average Bonchev–Trinajstić information content (AvgIpc) is 2.99. The number of aryl methyl sites for hydroxylation is 2. The largest absolute Gasteiger partial charge is 0.464 e. The zero-order valence-electron chi connectivity index (χ0n) is 12.3. The van der Waals surface area contributed by atoms with Gasteiger partial charge in [0.05, 0.1) is 35.8 Å². The first-order valence-electron chi connectivity index (χ1n) is 6.67. The third-order valence-corrected chi connectivity index (χ3v) is 3.61. The fourth-order valence-electron chi connectivity index (χ4n) is 2.09. The van der Waals surface area contributed by atoms with Gasteiger partial charge in [-0.05, 0) is 13.3 Å². The summed E-state index contributed by atoms with van der Waals surface area (Å²) in [4.78, 5) is 11.5. The van der Waals surface area contributed by atoms with Crippen LogP contribution in [0.4, 0.5) is 5.69 Å². The minimum absolute atomic E-state index is 0.104. The molecular formula is C13H18ClN5O2. The van der Waals surface area contributed by atoms with Crippen LogP contribution >= 0.6 is 11.6 Å². The van der Waals surface area contributed by atoms with Gasteiger partial charge in [0.25, 0.3) is 0 Å². The SMILES string of the molecule is CCc1nn(CC)c(Cn2cc(N)c(C(=O)OC)n2)c1Cl. The van der Waals surface area contributed by atoms with E-state index < -0.39 is 5.97 Å². The molecule has 0 saturated heterocycles. The van der Waals surface area contributed by atoms with Crippen molar-refractivity contribution in [2.24, 2.45) is 0 Å². The molecular weight excluding hydrogens is 294 g/mol. The minimum Gasteiger partial charge on any atom is -0.464 e. The second-order valence-corrected chi connectivity index (χ2v) is 4.88. The van der Waals surface area contributed by atoms with Crippen molar-refractivity contribution in [1.82, 2.24) is 19.6 Å². The van der Waals surface area contributed by atoms with Crippen molar-refractivity contribution in [3.05, 3.63) is 28.3 Å². The highest BCUT2D eigenvalue weighted by molar-refractivity contribution is 6.31. The fourth-order valence-corrected chi connectivity index (χ4v) is 2.42. The first-order chi connectivity index (χ1) is 10.0. The standard InChI is InChI=1S/C13H18ClN5O2/c1-4-9-11(14)10(19(5-2)16-9)7-18-6-8(15)12(17-18)13(20)21-3/h6H,4-5,7,15H2,1-3H3. The molecule has 8 heteroatoms. The number of carbonyl (C=O) groups excluding carboxylic acids is 1. The third kappa shape index (κ3) is 2.87. The number of rotatable bonds is 5. The molecule has 2 N–H and O–H groups in total. The van der Waals surface area contributed by atoms with Gasteiger partial charge >= 0.3 is 5.97 Å². The van der Waals surface area contributed by atoms with E-state index in [0.717, 1.165) is 17.8 Å². The number of hydrogen-bond acceptors (Lipinski definition) is 5. The number of nitrogens with zero attached hydrogens (tertiary/aromatic N) is 4. The number of ether oxygens (including phenoxy) is 1. The summed E-state index contributed by atoms with van der Waals surface area (Å²) < 4.78 is 8.03. The quantitative estimate of drug-likeness (QED) is 0.850. The van der Waals surface area contributed by atoms with Crippen molar-refractivity contribution >= 4 is 23.3 Å². The molecule has 0 spiro atoms. The van der Waals surface area contributed by atoms with Crippen molar-refractivity contribution < 1.29 is 9.53 Å². The molecule has 0 fully saturated rings. The third-order valence-electron chi connectivity index (χ3n) is 3.17. The second kappa shape index (κ2) is 6.17. The lowest BCUT2D eigenvalue weighted by atomic mass is 10.3. The van der Waals surface area contributed by atoms with Crippen molar-refractivity contribution in [2.45, 2.75) is 33.4 Å². The number of aromatic nitrogens is 4. The predicted molar refractivity (Wildman–Crippen MR) is 79.4 cm³/mol. The summed E-state index contributed by atoms with van der Waals surface area (Å²) in [5.41, 5.74) is 7.84.